The van der Waals surface area contributed by atoms with Crippen LogP contribution in [0.2, 0.25) is 0 Å². The van der Waals surface area contributed by atoms with E-state index in [4.69, 9.17) is 5.11 Å². The number of carbonyl (C=O) groups excluding carboxylic acids is 1. The van der Waals surface area contributed by atoms with Gasteiger partial charge in [-0.05, 0) is 52.6 Å². The average molecular weight is 439 g/mol. The Labute approximate surface area is 192 Å². The zero-order valence-electron chi connectivity index (χ0n) is 20.5. The van der Waals surface area contributed by atoms with Gasteiger partial charge >= 0.3 is 5.97 Å². The number of hydrogen-bond donors (Lipinski definition) is 2. The number of rotatable bonds is 23. The first-order valence-electron chi connectivity index (χ1n) is 12.8. The van der Waals surface area contributed by atoms with Crippen molar-refractivity contribution in [3.63, 3.8) is 0 Å². The molecule has 2 N–H and O–H groups in total. The molecule has 0 aromatic rings. The maximum Gasteiger partial charge on any atom is 0.320 e. The van der Waals surface area contributed by atoms with Crippen LogP contribution in [0.1, 0.15) is 116 Å². The number of likely N-dealkylation sites (N-methyl/N-ethyl adjacent to an activating group) is 1. The van der Waals surface area contributed by atoms with Crippen molar-refractivity contribution in [2.24, 2.45) is 0 Å². The second-order valence-electron chi connectivity index (χ2n) is 9.09. The first-order chi connectivity index (χ1) is 15.0. The molecule has 0 aromatic carbocycles. The molecule has 182 valence electrons. The van der Waals surface area contributed by atoms with Crippen molar-refractivity contribution in [3.8, 4) is 0 Å². The Morgan fingerprint density at radius 1 is 0.806 bits per heavy atom. The summed E-state index contributed by atoms with van der Waals surface area (Å²) in [6.07, 6.45) is 22.9. The van der Waals surface area contributed by atoms with Crippen LogP contribution in [-0.2, 0) is 9.59 Å². The number of allylic oxidation sites excluding steroid dienone is 1. The van der Waals surface area contributed by atoms with Gasteiger partial charge in [0.15, 0.2) is 0 Å². The topological polar surface area (TPSA) is 69.6 Å². The lowest BCUT2D eigenvalue weighted by molar-refractivity contribution is -0.142. The molecule has 5 nitrogen and oxygen atoms in total. The van der Waals surface area contributed by atoms with E-state index in [-0.39, 0.29) is 5.91 Å². The number of aliphatic carboxylic acids is 1. The summed E-state index contributed by atoms with van der Waals surface area (Å²) in [4.78, 5) is 24.7. The highest BCUT2D eigenvalue weighted by molar-refractivity contribution is 5.75. The van der Waals surface area contributed by atoms with Crippen molar-refractivity contribution in [1.29, 1.82) is 0 Å². The number of carboxylic acids is 1. The van der Waals surface area contributed by atoms with E-state index in [9.17, 15) is 9.59 Å². The summed E-state index contributed by atoms with van der Waals surface area (Å²) in [5, 5.41) is 12.1. The van der Waals surface area contributed by atoms with Crippen LogP contribution in [-0.4, -0.2) is 48.6 Å². The third-order valence-corrected chi connectivity index (χ3v) is 5.95. The molecule has 0 aliphatic rings. The highest BCUT2D eigenvalue weighted by atomic mass is 16.4. The lowest BCUT2D eigenvalue weighted by Gasteiger charge is -2.19. The zero-order chi connectivity index (χ0) is 23.2. The third kappa shape index (κ3) is 20.3. The van der Waals surface area contributed by atoms with E-state index in [1.165, 1.54) is 77.0 Å². The molecule has 0 rings (SSSR count). The molecule has 5 heteroatoms. The summed E-state index contributed by atoms with van der Waals surface area (Å²) in [5.41, 5.74) is 0. The second kappa shape index (κ2) is 21.9. The van der Waals surface area contributed by atoms with Gasteiger partial charge in [0.25, 0.3) is 0 Å². The molecule has 0 spiro atoms. The Bertz CT molecular complexity index is 452. The lowest BCUT2D eigenvalue weighted by atomic mass is 10.0. The second-order valence-corrected chi connectivity index (χ2v) is 9.09. The largest absolute Gasteiger partial charge is 0.480 e. The van der Waals surface area contributed by atoms with Gasteiger partial charge < -0.3 is 10.4 Å². The standard InChI is InChI=1S/C26H50N2O3/c1-4-5-6-7-8-9-10-11-12-13-14-15-16-17-18-22-25(29)27-23-20-19-21-24(26(30)31)28(2)3/h4,24H,1,5-23H2,2-3H3,(H,27,29)(H,30,31)/t24-/m0/s1. The quantitative estimate of drug-likeness (QED) is 0.145. The van der Waals surface area contributed by atoms with Crippen molar-refractivity contribution in [1.82, 2.24) is 10.2 Å². The van der Waals surface area contributed by atoms with E-state index in [1.807, 2.05) is 6.08 Å². The monoisotopic (exact) mass is 438 g/mol. The summed E-state index contributed by atoms with van der Waals surface area (Å²) >= 11 is 0. The van der Waals surface area contributed by atoms with E-state index in [0.717, 1.165) is 25.7 Å². The van der Waals surface area contributed by atoms with Gasteiger partial charge in [0.2, 0.25) is 5.91 Å². The molecule has 1 atom stereocenters. The zero-order valence-corrected chi connectivity index (χ0v) is 20.5. The first-order valence-corrected chi connectivity index (χ1v) is 12.8. The predicted molar refractivity (Wildman–Crippen MR) is 131 cm³/mol. The van der Waals surface area contributed by atoms with Crippen molar-refractivity contribution in [2.45, 2.75) is 122 Å². The maximum atomic E-state index is 11.9. The van der Waals surface area contributed by atoms with Crippen LogP contribution in [0.3, 0.4) is 0 Å². The van der Waals surface area contributed by atoms with Crippen molar-refractivity contribution >= 4 is 11.9 Å². The Kier molecular flexibility index (Phi) is 20.9. The minimum atomic E-state index is -0.778. The molecule has 1 amide bonds. The van der Waals surface area contributed by atoms with Gasteiger partial charge in [-0.25, -0.2) is 0 Å². The normalized spacial score (nSPS) is 12.1. The van der Waals surface area contributed by atoms with Crippen LogP contribution in [0, 0.1) is 0 Å². The number of nitrogens with one attached hydrogen (secondary N) is 1. The Balaban J connectivity index is 3.32. The van der Waals surface area contributed by atoms with Gasteiger partial charge in [-0.1, -0.05) is 76.7 Å². The Morgan fingerprint density at radius 3 is 1.74 bits per heavy atom. The number of unbranched alkanes of at least 4 members (excludes halogenated alkanes) is 14. The Hall–Kier alpha value is -1.36. The summed E-state index contributed by atoms with van der Waals surface area (Å²) in [5.74, 6) is -0.647. The fraction of sp³-hybridized carbons (Fsp3) is 0.846. The average Bonchev–Trinajstić information content (AvgIpc) is 2.72. The molecule has 0 aliphatic heterocycles. The molecule has 31 heavy (non-hydrogen) atoms. The van der Waals surface area contributed by atoms with E-state index in [2.05, 4.69) is 11.9 Å². The lowest BCUT2D eigenvalue weighted by Crippen LogP contribution is -2.35. The smallest absolute Gasteiger partial charge is 0.320 e. The van der Waals surface area contributed by atoms with Gasteiger partial charge in [-0.3, -0.25) is 14.5 Å². The SMILES string of the molecule is C=CCCCCCCCCCCCCCCCC(=O)NCCCC[C@@H](C(=O)O)N(C)C. The molecular weight excluding hydrogens is 388 g/mol. The van der Waals surface area contributed by atoms with Crippen LogP contribution in [0.5, 0.6) is 0 Å². The van der Waals surface area contributed by atoms with Crippen LogP contribution in [0.25, 0.3) is 0 Å². The third-order valence-electron chi connectivity index (χ3n) is 5.95. The fourth-order valence-electron chi connectivity index (χ4n) is 3.90. The van der Waals surface area contributed by atoms with E-state index in [0.29, 0.717) is 19.4 Å². The molecule has 0 heterocycles. The molecule has 0 aliphatic carbocycles. The molecule has 0 bridgehead atoms. The van der Waals surface area contributed by atoms with Crippen molar-refractivity contribution in [2.75, 3.05) is 20.6 Å². The minimum Gasteiger partial charge on any atom is -0.480 e. The molecule has 0 radical (unpaired) electrons. The molecule has 0 aromatic heterocycles. The summed E-state index contributed by atoms with van der Waals surface area (Å²) in [6, 6.07) is -0.437. The van der Waals surface area contributed by atoms with Crippen LogP contribution in [0.4, 0.5) is 0 Å². The van der Waals surface area contributed by atoms with Gasteiger partial charge in [-0.15, -0.1) is 6.58 Å². The minimum absolute atomic E-state index is 0.131. The highest BCUT2D eigenvalue weighted by Crippen LogP contribution is 2.13. The fourth-order valence-corrected chi connectivity index (χ4v) is 3.90. The Morgan fingerprint density at radius 2 is 1.29 bits per heavy atom. The summed E-state index contributed by atoms with van der Waals surface area (Å²) in [7, 11) is 3.57. The summed E-state index contributed by atoms with van der Waals surface area (Å²) in [6.45, 7) is 4.41. The summed E-state index contributed by atoms with van der Waals surface area (Å²) < 4.78 is 0. The van der Waals surface area contributed by atoms with Crippen LogP contribution >= 0.6 is 0 Å². The number of carbonyl (C=O) groups is 2. The maximum absolute atomic E-state index is 11.9. The molecule has 0 saturated heterocycles. The number of nitrogens with zero attached hydrogens (tertiary/aromatic N) is 1. The van der Waals surface area contributed by atoms with Gasteiger partial charge in [0.1, 0.15) is 6.04 Å². The first kappa shape index (κ1) is 29.6. The number of amides is 1. The van der Waals surface area contributed by atoms with Crippen molar-refractivity contribution in [3.05, 3.63) is 12.7 Å². The van der Waals surface area contributed by atoms with Crippen LogP contribution in [0.15, 0.2) is 12.7 Å². The predicted octanol–water partition coefficient (Wildman–Crippen LogP) is 6.33. The van der Waals surface area contributed by atoms with Crippen molar-refractivity contribution < 1.29 is 14.7 Å². The van der Waals surface area contributed by atoms with Gasteiger partial charge in [-0.2, -0.15) is 0 Å². The number of carboxylic acid groups (broad SMARTS) is 1. The van der Waals surface area contributed by atoms with E-state index < -0.39 is 12.0 Å². The molecule has 0 fully saturated rings. The van der Waals surface area contributed by atoms with Crippen LogP contribution < -0.4 is 5.32 Å². The molecular formula is C26H50N2O3. The molecule has 0 saturated carbocycles. The number of hydrogen-bond acceptors (Lipinski definition) is 3. The van der Waals surface area contributed by atoms with Gasteiger partial charge in [0.05, 0.1) is 0 Å². The highest BCUT2D eigenvalue weighted by Gasteiger charge is 2.18. The van der Waals surface area contributed by atoms with E-state index in [1.54, 1.807) is 19.0 Å². The van der Waals surface area contributed by atoms with Gasteiger partial charge in [0, 0.05) is 13.0 Å². The molecule has 0 unspecified atom stereocenters. The van der Waals surface area contributed by atoms with E-state index >= 15 is 0 Å².